The lowest BCUT2D eigenvalue weighted by atomic mass is 10.2. The van der Waals surface area contributed by atoms with Crippen molar-refractivity contribution < 1.29 is 0 Å². The molecule has 0 saturated heterocycles. The fraction of sp³-hybridized carbons (Fsp3) is 0.600. The average molecular weight is 226 g/mol. The van der Waals surface area contributed by atoms with E-state index in [9.17, 15) is 0 Å². The molecule has 0 aliphatic rings. The zero-order valence-electron chi connectivity index (χ0n) is 9.07. The van der Waals surface area contributed by atoms with Gasteiger partial charge in [0.2, 0.25) is 5.95 Å². The van der Waals surface area contributed by atoms with E-state index in [1.54, 1.807) is 6.20 Å². The lowest BCUT2D eigenvalue weighted by molar-refractivity contribution is 0.748. The maximum atomic E-state index is 5.46. The van der Waals surface area contributed by atoms with E-state index in [2.05, 4.69) is 21.5 Å². The van der Waals surface area contributed by atoms with E-state index in [1.165, 1.54) is 25.0 Å². The van der Waals surface area contributed by atoms with Gasteiger partial charge in [-0.25, -0.2) is 4.98 Å². The van der Waals surface area contributed by atoms with E-state index < -0.39 is 0 Å². The van der Waals surface area contributed by atoms with E-state index in [1.807, 2.05) is 17.8 Å². The van der Waals surface area contributed by atoms with E-state index in [0.29, 0.717) is 5.95 Å². The molecule has 0 atom stereocenters. The van der Waals surface area contributed by atoms with Crippen LogP contribution in [0.5, 0.6) is 0 Å². The van der Waals surface area contributed by atoms with E-state index in [0.717, 1.165) is 12.4 Å². The van der Waals surface area contributed by atoms with Crippen molar-refractivity contribution in [1.29, 1.82) is 0 Å². The van der Waals surface area contributed by atoms with Crippen molar-refractivity contribution in [2.24, 2.45) is 0 Å². The number of nitrogens with one attached hydrogen (secondary N) is 1. The van der Waals surface area contributed by atoms with E-state index in [4.69, 9.17) is 5.73 Å². The number of thioether (sulfide) groups is 1. The zero-order valence-corrected chi connectivity index (χ0v) is 9.89. The molecule has 0 amide bonds. The highest BCUT2D eigenvalue weighted by atomic mass is 32.2. The van der Waals surface area contributed by atoms with Gasteiger partial charge in [0.1, 0.15) is 5.82 Å². The molecule has 0 radical (unpaired) electrons. The highest BCUT2D eigenvalue weighted by Crippen LogP contribution is 2.05. The molecule has 3 N–H and O–H groups in total. The Bertz CT molecular complexity index is 280. The molecular weight excluding hydrogens is 208 g/mol. The quantitative estimate of drug-likeness (QED) is 0.696. The second kappa shape index (κ2) is 7.34. The summed E-state index contributed by atoms with van der Waals surface area (Å²) >= 11 is 1.90. The van der Waals surface area contributed by atoms with Crippen molar-refractivity contribution in [3.8, 4) is 0 Å². The molecule has 0 fully saturated rings. The first-order valence-electron chi connectivity index (χ1n) is 5.14. The number of unbranched alkanes of at least 4 members (excludes halogenated alkanes) is 2. The third kappa shape index (κ3) is 5.47. The normalized spacial score (nSPS) is 10.2. The Hall–Kier alpha value is -0.970. The van der Waals surface area contributed by atoms with Crippen LogP contribution in [0.2, 0.25) is 0 Å². The molecule has 0 saturated carbocycles. The van der Waals surface area contributed by atoms with Gasteiger partial charge in [0, 0.05) is 12.7 Å². The first-order valence-corrected chi connectivity index (χ1v) is 6.53. The minimum Gasteiger partial charge on any atom is -0.370 e. The molecule has 1 rings (SSSR count). The van der Waals surface area contributed by atoms with Gasteiger partial charge in [-0.2, -0.15) is 16.7 Å². The van der Waals surface area contributed by atoms with Gasteiger partial charge in [0.25, 0.3) is 0 Å². The summed E-state index contributed by atoms with van der Waals surface area (Å²) in [5, 5.41) is 3.22. The summed E-state index contributed by atoms with van der Waals surface area (Å²) in [5.74, 6) is 2.38. The molecule has 4 nitrogen and oxygen atoms in total. The van der Waals surface area contributed by atoms with Crippen LogP contribution < -0.4 is 11.1 Å². The Morgan fingerprint density at radius 2 is 2.27 bits per heavy atom. The minimum absolute atomic E-state index is 0.322. The maximum Gasteiger partial charge on any atom is 0.221 e. The molecule has 15 heavy (non-hydrogen) atoms. The summed E-state index contributed by atoms with van der Waals surface area (Å²) in [5.41, 5.74) is 5.46. The first-order chi connectivity index (χ1) is 7.33. The number of anilines is 2. The lowest BCUT2D eigenvalue weighted by Gasteiger charge is -2.04. The number of nitrogens with zero attached hydrogens (tertiary/aromatic N) is 2. The lowest BCUT2D eigenvalue weighted by Crippen LogP contribution is -2.05. The molecule has 0 aliphatic heterocycles. The van der Waals surface area contributed by atoms with Crippen LogP contribution in [-0.4, -0.2) is 28.5 Å². The van der Waals surface area contributed by atoms with Gasteiger partial charge in [-0.05, 0) is 30.9 Å². The van der Waals surface area contributed by atoms with E-state index in [-0.39, 0.29) is 0 Å². The maximum absolute atomic E-state index is 5.46. The van der Waals surface area contributed by atoms with Gasteiger partial charge < -0.3 is 11.1 Å². The molecule has 5 heteroatoms. The van der Waals surface area contributed by atoms with Gasteiger partial charge in [0.15, 0.2) is 0 Å². The average Bonchev–Trinajstić information content (AvgIpc) is 2.23. The number of hydrogen-bond donors (Lipinski definition) is 2. The second-order valence-corrected chi connectivity index (χ2v) is 4.27. The Morgan fingerprint density at radius 1 is 1.40 bits per heavy atom. The van der Waals surface area contributed by atoms with Crippen molar-refractivity contribution in [3.63, 3.8) is 0 Å². The van der Waals surface area contributed by atoms with Crippen LogP contribution in [0, 0.1) is 0 Å². The Labute approximate surface area is 95.1 Å². The number of hydrogen-bond acceptors (Lipinski definition) is 5. The van der Waals surface area contributed by atoms with Crippen LogP contribution in [0.1, 0.15) is 19.3 Å². The fourth-order valence-electron chi connectivity index (χ4n) is 1.24. The monoisotopic (exact) mass is 226 g/mol. The molecule has 0 aliphatic carbocycles. The molecule has 0 aromatic carbocycles. The summed E-state index contributed by atoms with van der Waals surface area (Å²) in [6.45, 7) is 0.949. The largest absolute Gasteiger partial charge is 0.370 e. The topological polar surface area (TPSA) is 63.8 Å². The number of nitrogens with two attached hydrogens (primary N) is 1. The van der Waals surface area contributed by atoms with Crippen LogP contribution in [0.3, 0.4) is 0 Å². The summed E-state index contributed by atoms with van der Waals surface area (Å²) in [6, 6.07) is 1.83. The second-order valence-electron chi connectivity index (χ2n) is 3.28. The van der Waals surface area contributed by atoms with Gasteiger partial charge in [-0.3, -0.25) is 0 Å². The third-order valence-corrected chi connectivity index (χ3v) is 2.70. The fourth-order valence-corrected chi connectivity index (χ4v) is 1.73. The molecular formula is C10H18N4S. The van der Waals surface area contributed by atoms with Gasteiger partial charge in [-0.1, -0.05) is 6.42 Å². The number of rotatable bonds is 7. The predicted molar refractivity (Wildman–Crippen MR) is 67.2 cm³/mol. The summed E-state index contributed by atoms with van der Waals surface area (Å²) in [7, 11) is 0. The third-order valence-electron chi connectivity index (χ3n) is 2.01. The Balaban J connectivity index is 2.10. The van der Waals surface area contributed by atoms with Crippen LogP contribution in [0.25, 0.3) is 0 Å². The molecule has 1 aromatic rings. The minimum atomic E-state index is 0.322. The Kier molecular flexibility index (Phi) is 5.92. The van der Waals surface area contributed by atoms with Crippen LogP contribution >= 0.6 is 11.8 Å². The van der Waals surface area contributed by atoms with Gasteiger partial charge >= 0.3 is 0 Å². The van der Waals surface area contributed by atoms with E-state index >= 15 is 0 Å². The van der Waals surface area contributed by atoms with Gasteiger partial charge in [-0.15, -0.1) is 0 Å². The summed E-state index contributed by atoms with van der Waals surface area (Å²) in [6.07, 6.45) is 7.52. The first kappa shape index (κ1) is 12.1. The standard InChI is InChI=1S/C10H18N4S/c1-15-8-4-2-3-6-12-9-5-7-13-10(11)14-9/h5,7H,2-4,6,8H2,1H3,(H3,11,12,13,14). The molecule has 0 unspecified atom stereocenters. The van der Waals surface area contributed by atoms with Crippen LogP contribution in [-0.2, 0) is 0 Å². The van der Waals surface area contributed by atoms with Crippen LogP contribution in [0.15, 0.2) is 12.3 Å². The summed E-state index contributed by atoms with van der Waals surface area (Å²) < 4.78 is 0. The number of aromatic nitrogens is 2. The van der Waals surface area contributed by atoms with Crippen molar-refractivity contribution in [3.05, 3.63) is 12.3 Å². The van der Waals surface area contributed by atoms with Crippen molar-refractivity contribution in [2.75, 3.05) is 29.6 Å². The highest BCUT2D eigenvalue weighted by molar-refractivity contribution is 7.98. The van der Waals surface area contributed by atoms with Crippen molar-refractivity contribution >= 4 is 23.5 Å². The smallest absolute Gasteiger partial charge is 0.221 e. The molecule has 1 aromatic heterocycles. The molecule has 0 bridgehead atoms. The molecule has 84 valence electrons. The van der Waals surface area contributed by atoms with Crippen molar-refractivity contribution in [2.45, 2.75) is 19.3 Å². The SMILES string of the molecule is CSCCCCCNc1ccnc(N)n1. The summed E-state index contributed by atoms with van der Waals surface area (Å²) in [4.78, 5) is 7.89. The van der Waals surface area contributed by atoms with Crippen molar-refractivity contribution in [1.82, 2.24) is 9.97 Å². The zero-order chi connectivity index (χ0) is 10.9. The van der Waals surface area contributed by atoms with Crippen LogP contribution in [0.4, 0.5) is 11.8 Å². The van der Waals surface area contributed by atoms with Gasteiger partial charge in [0.05, 0.1) is 0 Å². The Morgan fingerprint density at radius 3 is 3.00 bits per heavy atom. The molecule has 1 heterocycles. The predicted octanol–water partition coefficient (Wildman–Crippen LogP) is 2.00. The molecule has 0 spiro atoms. The highest BCUT2D eigenvalue weighted by Gasteiger charge is 1.94. The number of nitrogen functional groups attached to an aromatic ring is 1.